The monoisotopic (exact) mass is 380 g/mol. The minimum Gasteiger partial charge on any atom is -0.457 e. The number of rotatable bonds is 7. The number of esters is 1. The second-order valence-electron chi connectivity index (χ2n) is 6.44. The van der Waals surface area contributed by atoms with Gasteiger partial charge in [0.2, 0.25) is 6.79 Å². The lowest BCUT2D eigenvalue weighted by Gasteiger charge is -2.13. The fraction of sp³-hybridized carbons (Fsp3) is 0.304. The summed E-state index contributed by atoms with van der Waals surface area (Å²) in [5, 5.41) is 0.752. The molecule has 3 aromatic rings. The Kier molecular flexibility index (Phi) is 6.14. The third-order valence-corrected chi connectivity index (χ3v) is 4.71. The number of hydrogen-bond acceptors (Lipinski definition) is 5. The number of benzene rings is 2. The van der Waals surface area contributed by atoms with Crippen molar-refractivity contribution in [2.24, 2.45) is 0 Å². The Bertz CT molecular complexity index is 1030. The van der Waals surface area contributed by atoms with Gasteiger partial charge in [0.25, 0.3) is 0 Å². The maximum absolute atomic E-state index is 12.7. The molecule has 0 spiro atoms. The summed E-state index contributed by atoms with van der Waals surface area (Å²) in [5.41, 5.74) is 3.87. The highest BCUT2D eigenvalue weighted by Crippen LogP contribution is 2.30. The van der Waals surface area contributed by atoms with Gasteiger partial charge in [0.1, 0.15) is 11.3 Å². The van der Waals surface area contributed by atoms with Crippen LogP contribution < -0.4 is 10.4 Å². The molecular formula is C23H24O5. The van der Waals surface area contributed by atoms with Crippen molar-refractivity contribution in [2.75, 3.05) is 6.79 Å². The Balaban J connectivity index is 2.02. The minimum absolute atomic E-state index is 0.152. The standard InChI is InChI=1S/C23H24O5/c1-4-15-8-7-9-16(5-2)22(15)19-13-17-12-18(26-14-27-21(24)6-3)10-11-20(17)28-23(19)25/h7-13H,4-6,14H2,1-3H3. The summed E-state index contributed by atoms with van der Waals surface area (Å²) in [7, 11) is 0. The van der Waals surface area contributed by atoms with Crippen LogP contribution in [0.2, 0.25) is 0 Å². The van der Waals surface area contributed by atoms with Crippen molar-refractivity contribution in [3.8, 4) is 16.9 Å². The lowest BCUT2D eigenvalue weighted by molar-refractivity contribution is -0.149. The zero-order valence-corrected chi connectivity index (χ0v) is 16.4. The maximum Gasteiger partial charge on any atom is 0.344 e. The number of ether oxygens (including phenoxy) is 2. The lowest BCUT2D eigenvalue weighted by Crippen LogP contribution is -2.09. The first kappa shape index (κ1) is 19.7. The maximum atomic E-state index is 12.7. The molecule has 0 saturated carbocycles. The van der Waals surface area contributed by atoms with E-state index in [1.54, 1.807) is 25.1 Å². The fourth-order valence-corrected chi connectivity index (χ4v) is 3.22. The molecule has 1 heterocycles. The van der Waals surface area contributed by atoms with Crippen LogP contribution in [0, 0.1) is 0 Å². The van der Waals surface area contributed by atoms with E-state index in [0.717, 1.165) is 34.9 Å². The van der Waals surface area contributed by atoms with Gasteiger partial charge in [-0.25, -0.2) is 4.79 Å². The first-order valence-corrected chi connectivity index (χ1v) is 9.54. The summed E-state index contributed by atoms with van der Waals surface area (Å²) in [5.74, 6) is 0.216. The van der Waals surface area contributed by atoms with Gasteiger partial charge in [0, 0.05) is 11.8 Å². The second kappa shape index (κ2) is 8.74. The summed E-state index contributed by atoms with van der Waals surface area (Å²) >= 11 is 0. The minimum atomic E-state index is -0.353. The molecule has 5 nitrogen and oxygen atoms in total. The summed E-state index contributed by atoms with van der Waals surface area (Å²) in [6.07, 6.45) is 1.95. The zero-order valence-electron chi connectivity index (χ0n) is 16.4. The van der Waals surface area contributed by atoms with E-state index in [-0.39, 0.29) is 18.4 Å². The molecule has 0 saturated heterocycles. The van der Waals surface area contributed by atoms with Crippen LogP contribution in [0.15, 0.2) is 51.7 Å². The molecule has 28 heavy (non-hydrogen) atoms. The van der Waals surface area contributed by atoms with Gasteiger partial charge in [-0.1, -0.05) is 39.0 Å². The van der Waals surface area contributed by atoms with Crippen LogP contribution in [0.5, 0.6) is 5.75 Å². The largest absolute Gasteiger partial charge is 0.457 e. The molecule has 0 bridgehead atoms. The number of fused-ring (bicyclic) bond motifs is 1. The first-order valence-electron chi connectivity index (χ1n) is 9.54. The van der Waals surface area contributed by atoms with Crippen molar-refractivity contribution in [2.45, 2.75) is 40.0 Å². The molecule has 2 aromatic carbocycles. The van der Waals surface area contributed by atoms with Crippen LogP contribution in [-0.2, 0) is 22.4 Å². The molecule has 0 aliphatic carbocycles. The fourth-order valence-electron chi connectivity index (χ4n) is 3.22. The number of aryl methyl sites for hydroxylation is 2. The van der Waals surface area contributed by atoms with Crippen LogP contribution >= 0.6 is 0 Å². The Morgan fingerprint density at radius 3 is 2.36 bits per heavy atom. The van der Waals surface area contributed by atoms with Crippen molar-refractivity contribution in [1.82, 2.24) is 0 Å². The number of carbonyl (C=O) groups excluding carboxylic acids is 1. The molecule has 0 atom stereocenters. The number of hydrogen-bond donors (Lipinski definition) is 0. The summed E-state index contributed by atoms with van der Waals surface area (Å²) in [6.45, 7) is 5.72. The molecule has 5 heteroatoms. The van der Waals surface area contributed by atoms with Crippen LogP contribution in [-0.4, -0.2) is 12.8 Å². The smallest absolute Gasteiger partial charge is 0.344 e. The van der Waals surface area contributed by atoms with Gasteiger partial charge in [-0.15, -0.1) is 0 Å². The van der Waals surface area contributed by atoms with Gasteiger partial charge in [0.05, 0.1) is 5.56 Å². The Morgan fingerprint density at radius 1 is 1.00 bits per heavy atom. The number of carbonyl (C=O) groups is 1. The molecule has 0 aliphatic heterocycles. The average Bonchev–Trinajstić information content (AvgIpc) is 2.72. The molecule has 0 amide bonds. The summed E-state index contributed by atoms with van der Waals surface area (Å²) in [6, 6.07) is 13.1. The van der Waals surface area contributed by atoms with Gasteiger partial charge >= 0.3 is 11.6 Å². The third-order valence-electron chi connectivity index (χ3n) is 4.71. The molecule has 0 N–H and O–H groups in total. The van der Waals surface area contributed by atoms with Gasteiger partial charge in [-0.2, -0.15) is 0 Å². The molecule has 0 fully saturated rings. The highest BCUT2D eigenvalue weighted by atomic mass is 16.7. The quantitative estimate of drug-likeness (QED) is 0.332. The molecular weight excluding hydrogens is 356 g/mol. The van der Waals surface area contributed by atoms with Crippen molar-refractivity contribution in [3.63, 3.8) is 0 Å². The topological polar surface area (TPSA) is 65.7 Å². The van der Waals surface area contributed by atoms with Crippen LogP contribution in [0.1, 0.15) is 38.3 Å². The van der Waals surface area contributed by atoms with Crippen molar-refractivity contribution >= 4 is 16.9 Å². The highest BCUT2D eigenvalue weighted by Gasteiger charge is 2.15. The van der Waals surface area contributed by atoms with Crippen molar-refractivity contribution in [1.29, 1.82) is 0 Å². The zero-order chi connectivity index (χ0) is 20.1. The normalized spacial score (nSPS) is 10.8. The summed E-state index contributed by atoms with van der Waals surface area (Å²) in [4.78, 5) is 23.9. The Hall–Kier alpha value is -3.08. The van der Waals surface area contributed by atoms with E-state index < -0.39 is 0 Å². The molecule has 0 unspecified atom stereocenters. The van der Waals surface area contributed by atoms with E-state index in [4.69, 9.17) is 13.9 Å². The van der Waals surface area contributed by atoms with Crippen LogP contribution in [0.3, 0.4) is 0 Å². The highest BCUT2D eigenvalue weighted by molar-refractivity contribution is 5.84. The van der Waals surface area contributed by atoms with E-state index in [0.29, 0.717) is 23.3 Å². The van der Waals surface area contributed by atoms with E-state index >= 15 is 0 Å². The Labute approximate surface area is 163 Å². The average molecular weight is 380 g/mol. The molecule has 146 valence electrons. The van der Waals surface area contributed by atoms with Gasteiger partial charge in [-0.05, 0) is 53.8 Å². The molecule has 1 aromatic heterocycles. The third kappa shape index (κ3) is 4.09. The van der Waals surface area contributed by atoms with Gasteiger partial charge in [0.15, 0.2) is 0 Å². The SMILES string of the molecule is CCC(=O)OCOc1ccc2oc(=O)c(-c3c(CC)cccc3CC)cc2c1. The van der Waals surface area contributed by atoms with E-state index in [1.807, 2.05) is 24.3 Å². The lowest BCUT2D eigenvalue weighted by atomic mass is 9.92. The molecule has 0 radical (unpaired) electrons. The van der Waals surface area contributed by atoms with Gasteiger partial charge in [-0.3, -0.25) is 4.79 Å². The van der Waals surface area contributed by atoms with E-state index in [2.05, 4.69) is 13.8 Å². The Morgan fingerprint density at radius 2 is 1.71 bits per heavy atom. The van der Waals surface area contributed by atoms with Gasteiger partial charge < -0.3 is 13.9 Å². The van der Waals surface area contributed by atoms with Crippen molar-refractivity contribution in [3.05, 3.63) is 64.0 Å². The van der Waals surface area contributed by atoms with E-state index in [9.17, 15) is 9.59 Å². The predicted octanol–water partition coefficient (Wildman–Crippen LogP) is 4.87. The first-order chi connectivity index (χ1) is 13.6. The van der Waals surface area contributed by atoms with E-state index in [1.165, 1.54) is 0 Å². The second-order valence-corrected chi connectivity index (χ2v) is 6.44. The van der Waals surface area contributed by atoms with Crippen LogP contribution in [0.25, 0.3) is 22.1 Å². The molecule has 3 rings (SSSR count). The summed E-state index contributed by atoms with van der Waals surface area (Å²) < 4.78 is 16.0. The van der Waals surface area contributed by atoms with Crippen molar-refractivity contribution < 1.29 is 18.7 Å². The van der Waals surface area contributed by atoms with Crippen LogP contribution in [0.4, 0.5) is 0 Å². The molecule has 0 aliphatic rings. The predicted molar refractivity (Wildman–Crippen MR) is 109 cm³/mol.